The lowest BCUT2D eigenvalue weighted by Crippen LogP contribution is -2.35. The molecule has 1 N–H and O–H groups in total. The number of methoxy groups -OCH3 is 1. The molecule has 1 saturated carbocycles. The molecule has 0 saturated heterocycles. The number of rotatable bonds is 8. The van der Waals surface area contributed by atoms with Gasteiger partial charge in [0.2, 0.25) is 5.17 Å². The second-order valence-corrected chi connectivity index (χ2v) is 11.4. The maximum absolute atomic E-state index is 12.8. The first kappa shape index (κ1) is 25.6. The zero-order valence-electron chi connectivity index (χ0n) is 21.0. The molecule has 2 aliphatic heterocycles. The number of aryl methyl sites for hydroxylation is 1. The van der Waals surface area contributed by atoms with E-state index in [1.807, 2.05) is 18.2 Å². The van der Waals surface area contributed by atoms with Crippen molar-refractivity contribution in [2.24, 2.45) is 16.0 Å². The van der Waals surface area contributed by atoms with Crippen LogP contribution in [-0.4, -0.2) is 46.4 Å². The van der Waals surface area contributed by atoms with Crippen molar-refractivity contribution in [3.8, 4) is 11.5 Å². The van der Waals surface area contributed by atoms with Crippen LogP contribution in [-0.2, 0) is 4.79 Å². The molecule has 0 radical (unpaired) electrons. The molecule has 0 aromatic heterocycles. The smallest absolute Gasteiger partial charge is 0.283 e. The average Bonchev–Trinajstić information content (AvgIpc) is 3.35. The van der Waals surface area contributed by atoms with Crippen molar-refractivity contribution >= 4 is 51.6 Å². The second-order valence-electron chi connectivity index (χ2n) is 9.21. The number of amidine groups is 2. The van der Waals surface area contributed by atoms with Crippen LogP contribution in [0.4, 0.5) is 0 Å². The topological polar surface area (TPSA) is 87.3 Å². The molecule has 1 amide bonds. The third-order valence-corrected chi connectivity index (χ3v) is 8.60. The van der Waals surface area contributed by atoms with Gasteiger partial charge >= 0.3 is 0 Å². The van der Waals surface area contributed by atoms with Crippen molar-refractivity contribution in [3.05, 3.63) is 59.2 Å². The molecular weight excluding hydrogens is 504 g/mol. The Kier molecular flexibility index (Phi) is 8.00. The number of hydrogen-bond acceptors (Lipinski definition) is 7. The Hall–Kier alpha value is -3.04. The molecule has 2 aromatic carbocycles. The van der Waals surface area contributed by atoms with E-state index in [4.69, 9.17) is 14.9 Å². The predicted molar refractivity (Wildman–Crippen MR) is 152 cm³/mol. The normalized spacial score (nSPS) is 19.1. The predicted octanol–water partition coefficient (Wildman–Crippen LogP) is 6.37. The van der Waals surface area contributed by atoms with Gasteiger partial charge in [0.15, 0.2) is 17.3 Å². The molecule has 3 aliphatic rings. The molecule has 2 heterocycles. The number of ether oxygens (including phenoxy) is 2. The number of nitrogens with one attached hydrogen (secondary N) is 1. The standard InChI is InChI=1S/C28H30N4O3S2/c1-18-8-11-21(12-9-18)36-15-14-35-23-13-10-19(17-24(23)34-2)16-22-25(29)32-28(30-26(22)33)37-27(31-32)20-6-4-3-5-7-20/h8-13,16-17,20,29H,3-7,14-15H2,1-2H3/b22-16-,29-25?. The number of aliphatic imine (C=N–C) groups is 1. The molecule has 0 atom stereocenters. The van der Waals surface area contributed by atoms with E-state index in [9.17, 15) is 4.79 Å². The van der Waals surface area contributed by atoms with E-state index >= 15 is 0 Å². The van der Waals surface area contributed by atoms with Crippen molar-refractivity contribution in [3.63, 3.8) is 0 Å². The minimum absolute atomic E-state index is 0.0562. The molecular formula is C28H30N4O3S2. The van der Waals surface area contributed by atoms with E-state index in [-0.39, 0.29) is 11.4 Å². The summed E-state index contributed by atoms with van der Waals surface area (Å²) in [6, 6.07) is 13.9. The summed E-state index contributed by atoms with van der Waals surface area (Å²) in [7, 11) is 1.59. The van der Waals surface area contributed by atoms with Crippen molar-refractivity contribution in [1.82, 2.24) is 5.01 Å². The largest absolute Gasteiger partial charge is 0.493 e. The average molecular weight is 535 g/mol. The van der Waals surface area contributed by atoms with Gasteiger partial charge in [-0.1, -0.05) is 43.0 Å². The first-order chi connectivity index (χ1) is 18.0. The summed E-state index contributed by atoms with van der Waals surface area (Å²) in [6.45, 7) is 2.61. The van der Waals surface area contributed by atoms with Crippen molar-refractivity contribution in [1.29, 1.82) is 5.41 Å². The number of benzene rings is 2. The number of fused-ring (bicyclic) bond motifs is 1. The van der Waals surface area contributed by atoms with E-state index in [1.165, 1.54) is 46.5 Å². The molecule has 1 fully saturated rings. The third kappa shape index (κ3) is 5.93. The van der Waals surface area contributed by atoms with Gasteiger partial charge in [-0.25, -0.2) is 0 Å². The van der Waals surface area contributed by atoms with Crippen LogP contribution in [0.5, 0.6) is 11.5 Å². The maximum Gasteiger partial charge on any atom is 0.283 e. The zero-order valence-corrected chi connectivity index (χ0v) is 22.7. The number of carbonyl (C=O) groups is 1. The lowest BCUT2D eigenvalue weighted by atomic mass is 9.90. The lowest BCUT2D eigenvalue weighted by molar-refractivity contribution is -0.114. The Balaban J connectivity index is 1.25. The fraction of sp³-hybridized carbons (Fsp3) is 0.357. The van der Waals surface area contributed by atoms with E-state index in [0.29, 0.717) is 29.2 Å². The maximum atomic E-state index is 12.8. The first-order valence-electron chi connectivity index (χ1n) is 12.5. The number of nitrogens with zero attached hydrogens (tertiary/aromatic N) is 3. The highest BCUT2D eigenvalue weighted by Crippen LogP contribution is 2.36. The Morgan fingerprint density at radius 2 is 1.92 bits per heavy atom. The molecule has 7 nitrogen and oxygen atoms in total. The zero-order chi connectivity index (χ0) is 25.8. The molecule has 9 heteroatoms. The van der Waals surface area contributed by atoms with Crippen LogP contribution in [0.3, 0.4) is 0 Å². The van der Waals surface area contributed by atoms with Crippen LogP contribution in [0.2, 0.25) is 0 Å². The van der Waals surface area contributed by atoms with Gasteiger partial charge in [-0.2, -0.15) is 15.1 Å². The molecule has 2 aromatic rings. The minimum atomic E-state index is -0.420. The molecule has 1 aliphatic carbocycles. The Morgan fingerprint density at radius 3 is 2.68 bits per heavy atom. The van der Waals surface area contributed by atoms with Crippen LogP contribution >= 0.6 is 23.5 Å². The Labute approximate surface area is 225 Å². The molecule has 0 unspecified atom stereocenters. The van der Waals surface area contributed by atoms with Gasteiger partial charge < -0.3 is 9.47 Å². The number of carbonyl (C=O) groups excluding carboxylic acids is 1. The summed E-state index contributed by atoms with van der Waals surface area (Å²) in [4.78, 5) is 18.3. The van der Waals surface area contributed by atoms with Gasteiger partial charge in [-0.05, 0) is 67.4 Å². The number of thioether (sulfide) groups is 2. The number of hydrazone groups is 1. The Morgan fingerprint density at radius 1 is 1.14 bits per heavy atom. The quantitative estimate of drug-likeness (QED) is 0.240. The summed E-state index contributed by atoms with van der Waals surface area (Å²) in [6.07, 6.45) is 7.55. The van der Waals surface area contributed by atoms with E-state index in [1.54, 1.807) is 24.9 Å². The van der Waals surface area contributed by atoms with Gasteiger partial charge in [-0.15, -0.1) is 11.8 Å². The second kappa shape index (κ2) is 11.6. The van der Waals surface area contributed by atoms with E-state index < -0.39 is 5.91 Å². The fourth-order valence-corrected chi connectivity index (χ4v) is 6.32. The van der Waals surface area contributed by atoms with Crippen molar-refractivity contribution in [2.45, 2.75) is 43.9 Å². The first-order valence-corrected chi connectivity index (χ1v) is 14.3. The van der Waals surface area contributed by atoms with Crippen molar-refractivity contribution in [2.75, 3.05) is 19.5 Å². The summed E-state index contributed by atoms with van der Waals surface area (Å²) in [5, 5.41) is 16.3. The van der Waals surface area contributed by atoms with Gasteiger partial charge in [0.05, 0.1) is 19.3 Å². The van der Waals surface area contributed by atoms with Crippen LogP contribution in [0, 0.1) is 18.3 Å². The monoisotopic (exact) mass is 534 g/mol. The molecule has 0 bridgehead atoms. The minimum Gasteiger partial charge on any atom is -0.493 e. The fourth-order valence-electron chi connectivity index (χ4n) is 4.53. The van der Waals surface area contributed by atoms with Crippen molar-refractivity contribution < 1.29 is 14.3 Å². The van der Waals surface area contributed by atoms with Crippen LogP contribution in [0.25, 0.3) is 6.08 Å². The molecule has 0 spiro atoms. The van der Waals surface area contributed by atoms with Gasteiger partial charge in [-0.3, -0.25) is 10.2 Å². The number of amides is 1. The van der Waals surface area contributed by atoms with Crippen LogP contribution < -0.4 is 9.47 Å². The van der Waals surface area contributed by atoms with E-state index in [2.05, 4.69) is 41.3 Å². The van der Waals surface area contributed by atoms with Crippen LogP contribution in [0.1, 0.15) is 43.2 Å². The summed E-state index contributed by atoms with van der Waals surface area (Å²) < 4.78 is 11.5. The molecule has 192 valence electrons. The van der Waals surface area contributed by atoms with Crippen LogP contribution in [0.15, 0.2) is 63.0 Å². The third-order valence-electron chi connectivity index (χ3n) is 6.55. The summed E-state index contributed by atoms with van der Waals surface area (Å²) in [5.41, 5.74) is 2.19. The SMILES string of the molecule is COc1cc(/C=C2/C(=N)N3N=C(C4CCCCC4)SC3=NC2=O)ccc1OCCSc1ccc(C)cc1. The number of hydrogen-bond donors (Lipinski definition) is 1. The highest BCUT2D eigenvalue weighted by Gasteiger charge is 2.37. The molecule has 37 heavy (non-hydrogen) atoms. The highest BCUT2D eigenvalue weighted by atomic mass is 32.2. The van der Waals surface area contributed by atoms with E-state index in [0.717, 1.165) is 29.2 Å². The molecule has 5 rings (SSSR count). The highest BCUT2D eigenvalue weighted by molar-refractivity contribution is 8.27. The van der Waals surface area contributed by atoms with Gasteiger partial charge in [0, 0.05) is 16.6 Å². The van der Waals surface area contributed by atoms with Gasteiger partial charge in [0.1, 0.15) is 5.04 Å². The lowest BCUT2D eigenvalue weighted by Gasteiger charge is -2.20. The van der Waals surface area contributed by atoms with Gasteiger partial charge in [0.25, 0.3) is 5.91 Å². The summed E-state index contributed by atoms with van der Waals surface area (Å²) in [5.74, 6) is 2.05. The summed E-state index contributed by atoms with van der Waals surface area (Å²) >= 11 is 3.17. The Bertz CT molecular complexity index is 1280.